The molecular weight excluding hydrogens is 332 g/mol. The van der Waals surface area contributed by atoms with Gasteiger partial charge in [-0.15, -0.1) is 0 Å². The van der Waals surface area contributed by atoms with Crippen molar-refractivity contribution in [1.29, 1.82) is 5.26 Å². The van der Waals surface area contributed by atoms with Gasteiger partial charge in [0.1, 0.15) is 5.75 Å². The van der Waals surface area contributed by atoms with Crippen molar-refractivity contribution in [2.24, 2.45) is 0 Å². The maximum atomic E-state index is 12.1. The minimum absolute atomic E-state index is 0.222. The molecule has 2 rings (SSSR count). The second kappa shape index (κ2) is 9.23. The van der Waals surface area contributed by atoms with Gasteiger partial charge in [0.2, 0.25) is 0 Å². The number of benzene rings is 2. The maximum absolute atomic E-state index is 12.1. The number of carbonyl (C=O) groups excluding carboxylic acids is 2. The van der Waals surface area contributed by atoms with E-state index in [0.29, 0.717) is 29.8 Å². The molecule has 0 heterocycles. The van der Waals surface area contributed by atoms with Crippen LogP contribution in [0.4, 0.5) is 0 Å². The highest BCUT2D eigenvalue weighted by Gasteiger charge is 2.14. The van der Waals surface area contributed by atoms with Crippen LogP contribution in [0.5, 0.6) is 5.75 Å². The number of rotatable bonds is 7. The average molecular weight is 352 g/mol. The highest BCUT2D eigenvalue weighted by molar-refractivity contribution is 5.89. The minimum Gasteiger partial charge on any atom is -0.481 e. The molecule has 0 radical (unpaired) electrons. The lowest BCUT2D eigenvalue weighted by Crippen LogP contribution is -2.37. The van der Waals surface area contributed by atoms with Crippen LogP contribution >= 0.6 is 0 Å². The molecule has 1 N–H and O–H groups in total. The Morgan fingerprint density at radius 3 is 2.35 bits per heavy atom. The Morgan fingerprint density at radius 2 is 1.77 bits per heavy atom. The molecule has 0 spiro atoms. The van der Waals surface area contributed by atoms with Crippen molar-refractivity contribution in [2.75, 3.05) is 13.7 Å². The molecule has 6 heteroatoms. The van der Waals surface area contributed by atoms with Crippen molar-refractivity contribution in [3.63, 3.8) is 0 Å². The summed E-state index contributed by atoms with van der Waals surface area (Å²) in [5, 5.41) is 11.6. The molecule has 0 aliphatic rings. The van der Waals surface area contributed by atoms with Gasteiger partial charge in [-0.25, -0.2) is 4.79 Å². The Balaban J connectivity index is 1.78. The molecule has 0 saturated heterocycles. The van der Waals surface area contributed by atoms with Crippen LogP contribution in [0.2, 0.25) is 0 Å². The molecule has 2 aromatic rings. The van der Waals surface area contributed by atoms with Crippen molar-refractivity contribution in [3.05, 3.63) is 65.2 Å². The van der Waals surface area contributed by atoms with Gasteiger partial charge in [0.25, 0.3) is 5.91 Å². The summed E-state index contributed by atoms with van der Waals surface area (Å²) in [5.74, 6) is -0.0655. The molecule has 134 valence electrons. The fourth-order valence-corrected chi connectivity index (χ4v) is 2.26. The molecule has 26 heavy (non-hydrogen) atoms. The van der Waals surface area contributed by atoms with Crippen molar-refractivity contribution in [2.45, 2.75) is 19.4 Å². The van der Waals surface area contributed by atoms with Gasteiger partial charge in [0, 0.05) is 6.54 Å². The molecule has 0 aliphatic heterocycles. The van der Waals surface area contributed by atoms with Crippen LogP contribution in [0.3, 0.4) is 0 Å². The van der Waals surface area contributed by atoms with Crippen molar-refractivity contribution in [1.82, 2.24) is 5.32 Å². The lowest BCUT2D eigenvalue weighted by Gasteiger charge is -2.14. The number of hydrogen-bond acceptors (Lipinski definition) is 5. The van der Waals surface area contributed by atoms with E-state index in [1.54, 1.807) is 43.3 Å². The molecule has 0 bridgehead atoms. The topological polar surface area (TPSA) is 88.4 Å². The lowest BCUT2D eigenvalue weighted by molar-refractivity contribution is -0.127. The monoisotopic (exact) mass is 352 g/mol. The zero-order valence-electron chi connectivity index (χ0n) is 14.7. The second-order valence-corrected chi connectivity index (χ2v) is 5.63. The minimum atomic E-state index is -0.648. The number of nitrogens with one attached hydrogen (secondary N) is 1. The fraction of sp³-hybridized carbons (Fsp3) is 0.250. The Bertz CT molecular complexity index is 792. The quantitative estimate of drug-likeness (QED) is 0.773. The predicted molar refractivity (Wildman–Crippen MR) is 95.7 cm³/mol. The Morgan fingerprint density at radius 1 is 1.12 bits per heavy atom. The number of esters is 1. The summed E-state index contributed by atoms with van der Waals surface area (Å²) in [6.45, 7) is 2.12. The van der Waals surface area contributed by atoms with Gasteiger partial charge in [-0.1, -0.05) is 12.1 Å². The molecule has 6 nitrogen and oxygen atoms in total. The number of nitriles is 1. The van der Waals surface area contributed by atoms with Gasteiger partial charge in [-0.2, -0.15) is 5.26 Å². The standard InChI is InChI=1S/C20H20N2O4/c1-14(26-18-9-5-16(13-21)6-10-18)19(23)22-12-11-15-3-7-17(8-4-15)20(24)25-2/h3-10,14H,11-12H2,1-2H3,(H,22,23). The van der Waals surface area contributed by atoms with Crippen LogP contribution in [0, 0.1) is 11.3 Å². The molecule has 1 unspecified atom stereocenters. The van der Waals surface area contributed by atoms with Crippen molar-refractivity contribution >= 4 is 11.9 Å². The second-order valence-electron chi connectivity index (χ2n) is 5.63. The Labute approximate surface area is 152 Å². The fourth-order valence-electron chi connectivity index (χ4n) is 2.26. The number of carbonyl (C=O) groups is 2. The van der Waals surface area contributed by atoms with E-state index < -0.39 is 6.10 Å². The van der Waals surface area contributed by atoms with Gasteiger partial charge in [-0.3, -0.25) is 4.79 Å². The predicted octanol–water partition coefficient (Wildman–Crippen LogP) is 2.47. The number of amides is 1. The van der Waals surface area contributed by atoms with Crippen LogP contribution in [0.1, 0.15) is 28.4 Å². The normalized spacial score (nSPS) is 11.1. The van der Waals surface area contributed by atoms with E-state index in [0.717, 1.165) is 5.56 Å². The first-order valence-corrected chi connectivity index (χ1v) is 8.15. The van der Waals surface area contributed by atoms with Crippen LogP contribution in [-0.2, 0) is 16.0 Å². The average Bonchev–Trinajstić information content (AvgIpc) is 2.68. The smallest absolute Gasteiger partial charge is 0.337 e. The number of ether oxygens (including phenoxy) is 2. The third-order valence-corrected chi connectivity index (χ3v) is 3.75. The molecule has 0 aromatic heterocycles. The van der Waals surface area contributed by atoms with Crippen LogP contribution in [0.15, 0.2) is 48.5 Å². The largest absolute Gasteiger partial charge is 0.481 e. The first-order valence-electron chi connectivity index (χ1n) is 8.15. The van der Waals surface area contributed by atoms with Gasteiger partial charge in [0.05, 0.1) is 24.3 Å². The van der Waals surface area contributed by atoms with Crippen LogP contribution in [0.25, 0.3) is 0 Å². The molecule has 0 saturated carbocycles. The SMILES string of the molecule is COC(=O)c1ccc(CCNC(=O)C(C)Oc2ccc(C#N)cc2)cc1. The summed E-state index contributed by atoms with van der Waals surface area (Å²) in [6.07, 6.45) is -0.0128. The van der Waals surface area contributed by atoms with E-state index in [9.17, 15) is 9.59 Å². The van der Waals surface area contributed by atoms with Crippen LogP contribution in [-0.4, -0.2) is 31.6 Å². The summed E-state index contributed by atoms with van der Waals surface area (Å²) in [6, 6.07) is 15.7. The third-order valence-electron chi connectivity index (χ3n) is 3.75. The number of hydrogen-bond donors (Lipinski definition) is 1. The van der Waals surface area contributed by atoms with Crippen molar-refractivity contribution < 1.29 is 19.1 Å². The number of methoxy groups -OCH3 is 1. The van der Waals surface area contributed by atoms with E-state index >= 15 is 0 Å². The van der Waals surface area contributed by atoms with Crippen molar-refractivity contribution in [3.8, 4) is 11.8 Å². The molecular formula is C20H20N2O4. The van der Waals surface area contributed by atoms with Gasteiger partial charge in [-0.05, 0) is 55.3 Å². The Hall–Kier alpha value is -3.33. The van der Waals surface area contributed by atoms with Gasteiger partial charge < -0.3 is 14.8 Å². The highest BCUT2D eigenvalue weighted by atomic mass is 16.5. The van der Waals surface area contributed by atoms with E-state index in [2.05, 4.69) is 10.1 Å². The summed E-state index contributed by atoms with van der Waals surface area (Å²) < 4.78 is 10.2. The molecule has 0 fully saturated rings. The molecule has 1 atom stereocenters. The zero-order valence-corrected chi connectivity index (χ0v) is 14.7. The zero-order chi connectivity index (χ0) is 18.9. The van der Waals surface area contributed by atoms with Gasteiger partial charge >= 0.3 is 5.97 Å². The van der Waals surface area contributed by atoms with Crippen LogP contribution < -0.4 is 10.1 Å². The number of nitrogens with zero attached hydrogens (tertiary/aromatic N) is 1. The first-order chi connectivity index (χ1) is 12.5. The molecule has 2 aromatic carbocycles. The molecule has 0 aliphatic carbocycles. The molecule has 1 amide bonds. The summed E-state index contributed by atoms with van der Waals surface area (Å²) >= 11 is 0. The first kappa shape index (κ1) is 19.0. The Kier molecular flexibility index (Phi) is 6.75. The van der Waals surface area contributed by atoms with E-state index in [-0.39, 0.29) is 11.9 Å². The summed E-state index contributed by atoms with van der Waals surface area (Å²) in [7, 11) is 1.34. The summed E-state index contributed by atoms with van der Waals surface area (Å²) in [4.78, 5) is 23.5. The highest BCUT2D eigenvalue weighted by Crippen LogP contribution is 2.13. The van der Waals surface area contributed by atoms with E-state index in [1.165, 1.54) is 7.11 Å². The third kappa shape index (κ3) is 5.35. The van der Waals surface area contributed by atoms with E-state index in [4.69, 9.17) is 10.00 Å². The van der Waals surface area contributed by atoms with Gasteiger partial charge in [0.15, 0.2) is 6.10 Å². The maximum Gasteiger partial charge on any atom is 0.337 e. The summed E-state index contributed by atoms with van der Waals surface area (Å²) in [5.41, 5.74) is 2.02. The van der Waals surface area contributed by atoms with E-state index in [1.807, 2.05) is 18.2 Å². The lowest BCUT2D eigenvalue weighted by atomic mass is 10.1.